The molecule has 0 fully saturated rings. The first-order valence-corrected chi connectivity index (χ1v) is 7.86. The molecule has 1 rings (SSSR count). The molecule has 0 spiro atoms. The Morgan fingerprint density at radius 3 is 1.86 bits per heavy atom. The second-order valence-electron chi connectivity index (χ2n) is 7.64. The summed E-state index contributed by atoms with van der Waals surface area (Å²) in [6, 6.07) is 6.51. The predicted octanol–water partition coefficient (Wildman–Crippen LogP) is 4.78. The third-order valence-electron chi connectivity index (χ3n) is 3.68. The number of hydrogen-bond acceptors (Lipinski definition) is 2. The highest BCUT2D eigenvalue weighted by Crippen LogP contribution is 2.34. The molecular formula is C19H30O2. The quantitative estimate of drug-likeness (QED) is 0.746. The summed E-state index contributed by atoms with van der Waals surface area (Å²) in [6.45, 7) is 15.6. The van der Waals surface area contributed by atoms with Gasteiger partial charge >= 0.3 is 5.97 Å². The molecule has 0 aliphatic carbocycles. The maximum atomic E-state index is 11.7. The van der Waals surface area contributed by atoms with Crippen molar-refractivity contribution in [3.8, 4) is 0 Å². The molecule has 2 nitrogen and oxygen atoms in total. The Hall–Kier alpha value is -1.31. The van der Waals surface area contributed by atoms with Crippen LogP contribution in [-0.2, 0) is 26.8 Å². The minimum absolute atomic E-state index is 0.0747. The van der Waals surface area contributed by atoms with Gasteiger partial charge in [-0.25, -0.2) is 0 Å². The highest BCUT2D eigenvalue weighted by Gasteiger charge is 2.25. The van der Waals surface area contributed by atoms with E-state index in [0.29, 0.717) is 13.0 Å². The minimum Gasteiger partial charge on any atom is -0.466 e. The number of carbonyl (C=O) groups is 1. The van der Waals surface area contributed by atoms with E-state index in [1.54, 1.807) is 0 Å². The molecule has 2 heteroatoms. The summed E-state index contributed by atoms with van der Waals surface area (Å²) in [4.78, 5) is 11.7. The number of ether oxygens (including phenoxy) is 1. The van der Waals surface area contributed by atoms with E-state index in [9.17, 15) is 4.79 Å². The lowest BCUT2D eigenvalue weighted by Gasteiger charge is -2.30. The lowest BCUT2D eigenvalue weighted by Crippen LogP contribution is -2.21. The maximum absolute atomic E-state index is 11.7. The summed E-state index contributed by atoms with van der Waals surface area (Å²) >= 11 is 0. The van der Waals surface area contributed by atoms with Crippen LogP contribution < -0.4 is 0 Å². The van der Waals surface area contributed by atoms with E-state index in [2.05, 4.69) is 59.7 Å². The zero-order valence-corrected chi connectivity index (χ0v) is 14.7. The number of benzene rings is 1. The van der Waals surface area contributed by atoms with Gasteiger partial charge in [-0.05, 0) is 40.9 Å². The molecule has 0 radical (unpaired) electrons. The molecule has 0 N–H and O–H groups in total. The summed E-state index contributed by atoms with van der Waals surface area (Å²) in [5, 5.41) is 0. The molecule has 0 bridgehead atoms. The first-order chi connectivity index (χ1) is 9.57. The fourth-order valence-electron chi connectivity index (χ4n) is 2.72. The van der Waals surface area contributed by atoms with Crippen molar-refractivity contribution in [1.82, 2.24) is 0 Å². The monoisotopic (exact) mass is 290 g/mol. The summed E-state index contributed by atoms with van der Waals surface area (Å²) in [7, 11) is 0. The van der Waals surface area contributed by atoms with Crippen LogP contribution in [0.4, 0.5) is 0 Å². The van der Waals surface area contributed by atoms with Gasteiger partial charge in [0.15, 0.2) is 0 Å². The van der Waals surface area contributed by atoms with Gasteiger partial charge in [0.05, 0.1) is 6.61 Å². The molecule has 0 aliphatic heterocycles. The minimum atomic E-state index is -0.110. The van der Waals surface area contributed by atoms with E-state index in [1.807, 2.05) is 6.92 Å². The number of hydrogen-bond donors (Lipinski definition) is 0. The van der Waals surface area contributed by atoms with Crippen LogP contribution in [0.5, 0.6) is 0 Å². The summed E-state index contributed by atoms with van der Waals surface area (Å²) < 4.78 is 5.08. The smallest absolute Gasteiger partial charge is 0.306 e. The Bertz CT molecular complexity index is 455. The van der Waals surface area contributed by atoms with Crippen LogP contribution in [0.2, 0.25) is 0 Å². The van der Waals surface area contributed by atoms with Gasteiger partial charge in [-0.2, -0.15) is 0 Å². The van der Waals surface area contributed by atoms with Gasteiger partial charge in [-0.15, -0.1) is 0 Å². The fraction of sp³-hybridized carbons (Fsp3) is 0.632. The number of rotatable bonds is 4. The molecule has 1 aromatic rings. The first-order valence-electron chi connectivity index (χ1n) is 7.86. The van der Waals surface area contributed by atoms with Crippen LogP contribution in [-0.4, -0.2) is 12.6 Å². The maximum Gasteiger partial charge on any atom is 0.306 e. The van der Waals surface area contributed by atoms with Crippen LogP contribution in [0.25, 0.3) is 0 Å². The molecule has 1 aromatic carbocycles. The Kier molecular flexibility index (Phi) is 5.61. The van der Waals surface area contributed by atoms with E-state index in [-0.39, 0.29) is 16.8 Å². The Morgan fingerprint density at radius 2 is 1.48 bits per heavy atom. The van der Waals surface area contributed by atoms with Crippen molar-refractivity contribution >= 4 is 5.97 Å². The third kappa shape index (κ3) is 4.87. The van der Waals surface area contributed by atoms with Gasteiger partial charge in [0.1, 0.15) is 0 Å². The zero-order chi connectivity index (χ0) is 16.3. The van der Waals surface area contributed by atoms with Crippen LogP contribution in [0.1, 0.15) is 71.6 Å². The van der Waals surface area contributed by atoms with Gasteiger partial charge in [0.2, 0.25) is 0 Å². The van der Waals surface area contributed by atoms with Crippen molar-refractivity contribution < 1.29 is 9.53 Å². The lowest BCUT2D eigenvalue weighted by molar-refractivity contribution is -0.143. The molecule has 0 aromatic heterocycles. The Morgan fingerprint density at radius 1 is 1.00 bits per heavy atom. The van der Waals surface area contributed by atoms with E-state index < -0.39 is 0 Å². The summed E-state index contributed by atoms with van der Waals surface area (Å²) in [5.74, 6) is -0.110. The average Bonchev–Trinajstić information content (AvgIpc) is 2.34. The molecule has 0 heterocycles. The van der Waals surface area contributed by atoms with Crippen molar-refractivity contribution in [3.63, 3.8) is 0 Å². The van der Waals surface area contributed by atoms with E-state index in [1.165, 1.54) is 16.7 Å². The third-order valence-corrected chi connectivity index (χ3v) is 3.68. The molecule has 0 amide bonds. The summed E-state index contributed by atoms with van der Waals surface area (Å²) in [5.41, 5.74) is 4.13. The van der Waals surface area contributed by atoms with Crippen molar-refractivity contribution in [3.05, 3.63) is 34.9 Å². The Labute approximate surface area is 129 Å². The predicted molar refractivity (Wildman–Crippen MR) is 88.8 cm³/mol. The van der Waals surface area contributed by atoms with Gasteiger partial charge in [0, 0.05) is 6.42 Å². The van der Waals surface area contributed by atoms with Crippen molar-refractivity contribution in [2.75, 3.05) is 6.61 Å². The second-order valence-corrected chi connectivity index (χ2v) is 7.64. The van der Waals surface area contributed by atoms with Gasteiger partial charge in [0.25, 0.3) is 0 Å². The van der Waals surface area contributed by atoms with E-state index in [0.717, 1.165) is 6.42 Å². The Balaban J connectivity index is 3.21. The summed E-state index contributed by atoms with van der Waals surface area (Å²) in [6.07, 6.45) is 1.20. The van der Waals surface area contributed by atoms with Gasteiger partial charge in [-0.3, -0.25) is 4.79 Å². The molecule has 21 heavy (non-hydrogen) atoms. The zero-order valence-electron chi connectivity index (χ0n) is 14.7. The second kappa shape index (κ2) is 6.64. The van der Waals surface area contributed by atoms with E-state index >= 15 is 0 Å². The van der Waals surface area contributed by atoms with Crippen molar-refractivity contribution in [2.45, 2.75) is 72.1 Å². The number of esters is 1. The molecule has 0 saturated heterocycles. The molecule has 0 saturated carbocycles. The van der Waals surface area contributed by atoms with Crippen LogP contribution in [0.15, 0.2) is 18.2 Å². The normalized spacial score (nSPS) is 12.3. The largest absolute Gasteiger partial charge is 0.466 e. The molecule has 118 valence electrons. The fourth-order valence-corrected chi connectivity index (χ4v) is 2.72. The first kappa shape index (κ1) is 17.7. The molecule has 0 atom stereocenters. The van der Waals surface area contributed by atoms with Crippen LogP contribution in [0.3, 0.4) is 0 Å². The van der Waals surface area contributed by atoms with Crippen LogP contribution >= 0.6 is 0 Å². The highest BCUT2D eigenvalue weighted by atomic mass is 16.5. The van der Waals surface area contributed by atoms with Crippen molar-refractivity contribution in [2.24, 2.45) is 0 Å². The highest BCUT2D eigenvalue weighted by molar-refractivity contribution is 5.70. The molecule has 0 aliphatic rings. The number of carbonyl (C=O) groups excluding carboxylic acids is 1. The van der Waals surface area contributed by atoms with Crippen molar-refractivity contribution in [1.29, 1.82) is 0 Å². The molecule has 0 unspecified atom stereocenters. The van der Waals surface area contributed by atoms with Crippen LogP contribution in [0, 0.1) is 0 Å². The molecular weight excluding hydrogens is 260 g/mol. The topological polar surface area (TPSA) is 26.3 Å². The average molecular weight is 290 g/mol. The van der Waals surface area contributed by atoms with E-state index in [4.69, 9.17) is 4.74 Å². The SMILES string of the molecule is CCOC(=O)CCc1c(C(C)(C)C)cccc1C(C)(C)C. The lowest BCUT2D eigenvalue weighted by atomic mass is 9.75. The van der Waals surface area contributed by atoms with Gasteiger partial charge in [-0.1, -0.05) is 59.7 Å². The standard InChI is InChI=1S/C19H30O2/c1-8-21-17(20)13-12-14-15(18(2,3)4)10-9-11-16(14)19(5,6)7/h9-11H,8,12-13H2,1-7H3. The van der Waals surface area contributed by atoms with Gasteiger partial charge < -0.3 is 4.74 Å².